The first-order valence-electron chi connectivity index (χ1n) is 8.59. The number of unbranched alkanes of at least 4 members (excludes halogenated alkanes) is 2. The Morgan fingerprint density at radius 3 is 2.64 bits per heavy atom. The van der Waals surface area contributed by atoms with Gasteiger partial charge in [-0.05, 0) is 37.5 Å². The summed E-state index contributed by atoms with van der Waals surface area (Å²) in [6, 6.07) is 8.54. The molecule has 1 aromatic heterocycles. The first-order chi connectivity index (χ1) is 12.2. The summed E-state index contributed by atoms with van der Waals surface area (Å²) in [7, 11) is 1.42. The summed E-state index contributed by atoms with van der Waals surface area (Å²) in [6.45, 7) is 3.32. The van der Waals surface area contributed by atoms with Crippen molar-refractivity contribution >= 4 is 11.7 Å². The van der Waals surface area contributed by atoms with Crippen molar-refractivity contribution in [3.63, 3.8) is 0 Å². The minimum Gasteiger partial charge on any atom is -0.469 e. The fourth-order valence-electron chi connectivity index (χ4n) is 2.38. The second kappa shape index (κ2) is 10.3. The summed E-state index contributed by atoms with van der Waals surface area (Å²) in [4.78, 5) is 19.4. The maximum atomic E-state index is 11.0. The molecule has 0 unspecified atom stereocenters. The summed E-state index contributed by atoms with van der Waals surface area (Å²) in [5.74, 6) is -0.141. The number of methoxy groups -OCH3 is 1. The third-order valence-corrected chi connectivity index (χ3v) is 3.71. The Hall–Kier alpha value is -2.63. The van der Waals surface area contributed by atoms with E-state index in [0.29, 0.717) is 19.0 Å². The van der Waals surface area contributed by atoms with Gasteiger partial charge in [-0.3, -0.25) is 4.79 Å². The first-order valence-corrected chi connectivity index (χ1v) is 8.59. The van der Waals surface area contributed by atoms with E-state index < -0.39 is 0 Å². The number of esters is 1. The van der Waals surface area contributed by atoms with Crippen LogP contribution in [0.2, 0.25) is 0 Å². The highest BCUT2D eigenvalue weighted by molar-refractivity contribution is 5.69. The second-order valence-electron chi connectivity index (χ2n) is 5.58. The highest BCUT2D eigenvalue weighted by Gasteiger charge is 2.03. The number of ether oxygens (including phenoxy) is 2. The zero-order valence-corrected chi connectivity index (χ0v) is 14.8. The maximum Gasteiger partial charge on any atom is 0.316 e. The van der Waals surface area contributed by atoms with Crippen molar-refractivity contribution in [1.29, 1.82) is 0 Å². The lowest BCUT2D eigenvalue weighted by Gasteiger charge is -2.09. The van der Waals surface area contributed by atoms with E-state index in [-0.39, 0.29) is 5.97 Å². The molecule has 0 atom stereocenters. The van der Waals surface area contributed by atoms with Gasteiger partial charge >= 0.3 is 12.0 Å². The van der Waals surface area contributed by atoms with E-state index in [4.69, 9.17) is 4.74 Å². The number of hydrogen-bond acceptors (Lipinski definition) is 6. The second-order valence-corrected chi connectivity index (χ2v) is 5.58. The molecule has 0 fully saturated rings. The molecule has 0 radical (unpaired) electrons. The van der Waals surface area contributed by atoms with Gasteiger partial charge in [0.1, 0.15) is 0 Å². The average Bonchev–Trinajstić information content (AvgIpc) is 2.65. The molecular weight excluding hydrogens is 318 g/mol. The Kier molecular flexibility index (Phi) is 7.69. The molecule has 0 aliphatic rings. The maximum absolute atomic E-state index is 11.0. The average molecular weight is 343 g/mol. The molecule has 6 nitrogen and oxygen atoms in total. The number of carbonyl (C=O) groups is 1. The molecule has 0 amide bonds. The van der Waals surface area contributed by atoms with Crippen LogP contribution in [0.5, 0.6) is 6.01 Å². The van der Waals surface area contributed by atoms with Crippen molar-refractivity contribution in [2.45, 2.75) is 32.6 Å². The highest BCUT2D eigenvalue weighted by Crippen LogP contribution is 2.22. The quantitative estimate of drug-likeness (QED) is 0.524. The van der Waals surface area contributed by atoms with Crippen molar-refractivity contribution in [3.05, 3.63) is 36.7 Å². The molecule has 0 spiro atoms. The van der Waals surface area contributed by atoms with Gasteiger partial charge in [0.15, 0.2) is 0 Å². The lowest BCUT2D eigenvalue weighted by atomic mass is 10.1. The molecule has 0 saturated carbocycles. The van der Waals surface area contributed by atoms with Crippen LogP contribution in [0.3, 0.4) is 0 Å². The van der Waals surface area contributed by atoms with Crippen molar-refractivity contribution in [2.75, 3.05) is 25.6 Å². The van der Waals surface area contributed by atoms with Crippen LogP contribution in [0.4, 0.5) is 5.69 Å². The van der Waals surface area contributed by atoms with Gasteiger partial charge in [-0.1, -0.05) is 18.6 Å². The number of carbonyl (C=O) groups excluding carboxylic acids is 1. The third kappa shape index (κ3) is 6.41. The topological polar surface area (TPSA) is 73.3 Å². The number of anilines is 1. The molecular formula is C19H25N3O3. The summed E-state index contributed by atoms with van der Waals surface area (Å²) in [6.07, 6.45) is 6.89. The molecule has 0 aliphatic carbocycles. The van der Waals surface area contributed by atoms with Crippen LogP contribution in [-0.2, 0) is 9.53 Å². The minimum absolute atomic E-state index is 0.141. The SMILES string of the molecule is CCOc1ncc(-c2cccc(NCCCCCC(=O)OC)c2)cn1. The standard InChI is InChI=1S/C19H25N3O3/c1-3-25-19-21-13-16(14-22-19)15-8-7-9-17(12-15)20-11-6-4-5-10-18(23)24-2/h7-9,12-14,20H,3-6,10-11H2,1-2H3. The van der Waals surface area contributed by atoms with Crippen LogP contribution in [-0.4, -0.2) is 36.2 Å². The fraction of sp³-hybridized carbons (Fsp3) is 0.421. The predicted molar refractivity (Wildman–Crippen MR) is 97.6 cm³/mol. The van der Waals surface area contributed by atoms with Crippen LogP contribution < -0.4 is 10.1 Å². The monoisotopic (exact) mass is 343 g/mol. The van der Waals surface area contributed by atoms with Gasteiger partial charge in [-0.2, -0.15) is 0 Å². The molecule has 0 aliphatic heterocycles. The van der Waals surface area contributed by atoms with Gasteiger partial charge in [0.2, 0.25) is 0 Å². The van der Waals surface area contributed by atoms with Gasteiger partial charge in [0.25, 0.3) is 0 Å². The smallest absolute Gasteiger partial charge is 0.316 e. The lowest BCUT2D eigenvalue weighted by molar-refractivity contribution is -0.140. The van der Waals surface area contributed by atoms with Crippen molar-refractivity contribution in [2.24, 2.45) is 0 Å². The molecule has 1 aromatic carbocycles. The summed E-state index contributed by atoms with van der Waals surface area (Å²) < 4.78 is 9.89. The minimum atomic E-state index is -0.141. The van der Waals surface area contributed by atoms with Crippen LogP contribution in [0, 0.1) is 0 Å². The number of benzene rings is 1. The van der Waals surface area contributed by atoms with Gasteiger partial charge in [0.05, 0.1) is 13.7 Å². The van der Waals surface area contributed by atoms with Crippen molar-refractivity contribution in [1.82, 2.24) is 9.97 Å². The Balaban J connectivity index is 1.81. The molecule has 0 bridgehead atoms. The van der Waals surface area contributed by atoms with Gasteiger partial charge < -0.3 is 14.8 Å². The number of nitrogens with one attached hydrogen (secondary N) is 1. The van der Waals surface area contributed by atoms with Crippen LogP contribution in [0.25, 0.3) is 11.1 Å². The number of hydrogen-bond donors (Lipinski definition) is 1. The number of aromatic nitrogens is 2. The normalized spacial score (nSPS) is 10.3. The van der Waals surface area contributed by atoms with Gasteiger partial charge in [0, 0.05) is 36.6 Å². The fourth-order valence-corrected chi connectivity index (χ4v) is 2.38. The van der Waals surface area contributed by atoms with Crippen molar-refractivity contribution in [3.8, 4) is 17.1 Å². The van der Waals surface area contributed by atoms with E-state index in [1.54, 1.807) is 12.4 Å². The molecule has 6 heteroatoms. The Bertz CT molecular complexity index is 659. The van der Waals surface area contributed by atoms with Gasteiger partial charge in [-0.25, -0.2) is 9.97 Å². The molecule has 1 N–H and O–H groups in total. The van der Waals surface area contributed by atoms with Crippen LogP contribution in [0.15, 0.2) is 36.7 Å². The molecule has 25 heavy (non-hydrogen) atoms. The molecule has 0 saturated heterocycles. The zero-order valence-electron chi connectivity index (χ0n) is 14.8. The van der Waals surface area contributed by atoms with Crippen LogP contribution >= 0.6 is 0 Å². The molecule has 1 heterocycles. The van der Waals surface area contributed by atoms with Crippen molar-refractivity contribution < 1.29 is 14.3 Å². The summed E-state index contributed by atoms with van der Waals surface area (Å²) >= 11 is 0. The van der Waals surface area contributed by atoms with E-state index in [9.17, 15) is 4.79 Å². The van der Waals surface area contributed by atoms with E-state index >= 15 is 0 Å². The van der Waals surface area contributed by atoms with E-state index in [1.165, 1.54) is 7.11 Å². The lowest BCUT2D eigenvalue weighted by Crippen LogP contribution is -2.03. The highest BCUT2D eigenvalue weighted by atomic mass is 16.5. The van der Waals surface area contributed by atoms with Crippen LogP contribution in [0.1, 0.15) is 32.6 Å². The largest absolute Gasteiger partial charge is 0.469 e. The molecule has 134 valence electrons. The first kappa shape index (κ1) is 18.7. The number of rotatable bonds is 10. The summed E-state index contributed by atoms with van der Waals surface area (Å²) in [5.41, 5.74) is 3.06. The Morgan fingerprint density at radius 2 is 1.92 bits per heavy atom. The van der Waals surface area contributed by atoms with Gasteiger partial charge in [-0.15, -0.1) is 0 Å². The van der Waals surface area contributed by atoms with E-state index in [0.717, 1.165) is 42.6 Å². The summed E-state index contributed by atoms with van der Waals surface area (Å²) in [5, 5.41) is 3.41. The third-order valence-electron chi connectivity index (χ3n) is 3.71. The zero-order chi connectivity index (χ0) is 17.9. The molecule has 2 rings (SSSR count). The molecule has 2 aromatic rings. The number of nitrogens with zero attached hydrogens (tertiary/aromatic N) is 2. The Labute approximate surface area is 148 Å². The Morgan fingerprint density at radius 1 is 1.12 bits per heavy atom. The van der Waals surface area contributed by atoms with E-state index in [2.05, 4.69) is 26.1 Å². The van der Waals surface area contributed by atoms with E-state index in [1.807, 2.05) is 25.1 Å². The predicted octanol–water partition coefficient (Wildman–Crippen LogP) is 3.69.